The zero-order valence-corrected chi connectivity index (χ0v) is 14.7. The van der Waals surface area contributed by atoms with Crippen molar-refractivity contribution in [3.05, 3.63) is 22.3 Å². The summed E-state index contributed by atoms with van der Waals surface area (Å²) in [6.07, 6.45) is 4.84. The molecule has 0 spiro atoms. The first-order chi connectivity index (χ1) is 9.93. The van der Waals surface area contributed by atoms with Crippen molar-refractivity contribution in [1.82, 2.24) is 9.88 Å². The van der Waals surface area contributed by atoms with Crippen LogP contribution in [0.25, 0.3) is 0 Å². The Morgan fingerprint density at radius 3 is 2.71 bits per heavy atom. The minimum absolute atomic E-state index is 0.0814. The van der Waals surface area contributed by atoms with Crippen LogP contribution in [0.2, 0.25) is 0 Å². The standard InChI is InChI=1S/C16H24BrN3O/c1-4-7-18-14-13(10-12(17)11-19-14)15(21)20-8-5-16(2,3)6-9-20/h10-11H,4-9H2,1-3H3,(H,18,19). The monoisotopic (exact) mass is 353 g/mol. The third-order valence-electron chi connectivity index (χ3n) is 4.03. The van der Waals surface area contributed by atoms with E-state index in [1.807, 2.05) is 11.0 Å². The van der Waals surface area contributed by atoms with E-state index in [0.717, 1.165) is 43.4 Å². The Kier molecular flexibility index (Phi) is 5.25. The second-order valence-electron chi connectivity index (χ2n) is 6.43. The summed E-state index contributed by atoms with van der Waals surface area (Å²) in [5.74, 6) is 0.771. The molecule has 0 aromatic carbocycles. The zero-order chi connectivity index (χ0) is 15.5. The van der Waals surface area contributed by atoms with Crippen molar-refractivity contribution in [2.24, 2.45) is 5.41 Å². The van der Waals surface area contributed by atoms with E-state index in [1.54, 1.807) is 6.20 Å². The molecular weight excluding hydrogens is 330 g/mol. The summed E-state index contributed by atoms with van der Waals surface area (Å²) in [5.41, 5.74) is 1.01. The van der Waals surface area contributed by atoms with Crippen molar-refractivity contribution in [1.29, 1.82) is 0 Å². The van der Waals surface area contributed by atoms with Crippen LogP contribution < -0.4 is 5.32 Å². The summed E-state index contributed by atoms with van der Waals surface area (Å²) in [4.78, 5) is 19.1. The van der Waals surface area contributed by atoms with Crippen LogP contribution in [-0.4, -0.2) is 35.4 Å². The van der Waals surface area contributed by atoms with Crippen molar-refractivity contribution in [3.63, 3.8) is 0 Å². The summed E-state index contributed by atoms with van der Waals surface area (Å²) < 4.78 is 0.838. The van der Waals surface area contributed by atoms with Gasteiger partial charge in [-0.1, -0.05) is 20.8 Å². The molecule has 0 atom stereocenters. The van der Waals surface area contributed by atoms with E-state index in [1.165, 1.54) is 0 Å². The minimum Gasteiger partial charge on any atom is -0.369 e. The van der Waals surface area contributed by atoms with Crippen LogP contribution in [0, 0.1) is 5.41 Å². The predicted octanol–water partition coefficient (Wildman–Crippen LogP) is 3.93. The van der Waals surface area contributed by atoms with Gasteiger partial charge in [0.15, 0.2) is 0 Å². The van der Waals surface area contributed by atoms with E-state index in [0.29, 0.717) is 16.8 Å². The van der Waals surface area contributed by atoms with E-state index < -0.39 is 0 Å². The zero-order valence-electron chi connectivity index (χ0n) is 13.1. The summed E-state index contributed by atoms with van der Waals surface area (Å²) in [6.45, 7) is 9.10. The molecule has 4 nitrogen and oxygen atoms in total. The average molecular weight is 354 g/mol. The first-order valence-corrected chi connectivity index (χ1v) is 8.41. The molecule has 0 aliphatic carbocycles. The number of likely N-dealkylation sites (tertiary alicyclic amines) is 1. The van der Waals surface area contributed by atoms with Gasteiger partial charge in [-0.3, -0.25) is 4.79 Å². The number of nitrogens with zero attached hydrogens (tertiary/aromatic N) is 2. The summed E-state index contributed by atoms with van der Waals surface area (Å²) in [6, 6.07) is 1.87. The van der Waals surface area contributed by atoms with Crippen LogP contribution in [0.1, 0.15) is 50.4 Å². The molecule has 116 valence electrons. The lowest BCUT2D eigenvalue weighted by molar-refractivity contribution is 0.0631. The van der Waals surface area contributed by atoms with Crippen LogP contribution in [-0.2, 0) is 0 Å². The SMILES string of the molecule is CCCNc1ncc(Br)cc1C(=O)N1CCC(C)(C)CC1. The van der Waals surface area contributed by atoms with Gasteiger partial charge < -0.3 is 10.2 Å². The van der Waals surface area contributed by atoms with Crippen LogP contribution in [0.15, 0.2) is 16.7 Å². The lowest BCUT2D eigenvalue weighted by atomic mass is 9.82. The number of nitrogens with one attached hydrogen (secondary N) is 1. The molecule has 1 aliphatic rings. The molecule has 1 N–H and O–H groups in total. The highest BCUT2D eigenvalue weighted by Gasteiger charge is 2.29. The molecule has 1 aliphatic heterocycles. The highest BCUT2D eigenvalue weighted by atomic mass is 79.9. The molecule has 1 aromatic rings. The fraction of sp³-hybridized carbons (Fsp3) is 0.625. The Morgan fingerprint density at radius 2 is 2.10 bits per heavy atom. The van der Waals surface area contributed by atoms with Gasteiger partial charge >= 0.3 is 0 Å². The summed E-state index contributed by atoms with van der Waals surface area (Å²) in [5, 5.41) is 3.25. The van der Waals surface area contributed by atoms with Gasteiger partial charge in [-0.15, -0.1) is 0 Å². The second-order valence-corrected chi connectivity index (χ2v) is 7.35. The summed E-state index contributed by atoms with van der Waals surface area (Å²) in [7, 11) is 0. The Labute approximate surface area is 135 Å². The minimum atomic E-state index is 0.0814. The molecule has 2 heterocycles. The Balaban J connectivity index is 2.16. The Bertz CT molecular complexity index is 506. The van der Waals surface area contributed by atoms with E-state index in [2.05, 4.69) is 47.0 Å². The number of pyridine rings is 1. The van der Waals surface area contributed by atoms with E-state index in [9.17, 15) is 4.79 Å². The van der Waals surface area contributed by atoms with Gasteiger partial charge in [-0.05, 0) is 46.7 Å². The van der Waals surface area contributed by atoms with Gasteiger partial charge in [0, 0.05) is 30.3 Å². The topological polar surface area (TPSA) is 45.2 Å². The molecule has 0 unspecified atom stereocenters. The molecule has 0 radical (unpaired) electrons. The fourth-order valence-corrected chi connectivity index (χ4v) is 2.80. The molecule has 21 heavy (non-hydrogen) atoms. The predicted molar refractivity (Wildman–Crippen MR) is 89.6 cm³/mol. The van der Waals surface area contributed by atoms with Crippen LogP contribution in [0.3, 0.4) is 0 Å². The highest BCUT2D eigenvalue weighted by Crippen LogP contribution is 2.31. The third-order valence-corrected chi connectivity index (χ3v) is 4.47. The van der Waals surface area contributed by atoms with Crippen LogP contribution in [0.5, 0.6) is 0 Å². The molecule has 1 amide bonds. The van der Waals surface area contributed by atoms with Crippen LogP contribution in [0.4, 0.5) is 5.82 Å². The third kappa shape index (κ3) is 4.19. The van der Waals surface area contributed by atoms with Gasteiger partial charge in [0.2, 0.25) is 0 Å². The number of anilines is 1. The number of carbonyl (C=O) groups excluding carboxylic acids is 1. The Morgan fingerprint density at radius 1 is 1.43 bits per heavy atom. The number of halogens is 1. The number of hydrogen-bond donors (Lipinski definition) is 1. The van der Waals surface area contributed by atoms with E-state index in [4.69, 9.17) is 0 Å². The fourth-order valence-electron chi connectivity index (χ4n) is 2.47. The van der Waals surface area contributed by atoms with E-state index >= 15 is 0 Å². The molecule has 1 fully saturated rings. The Hall–Kier alpha value is -1.10. The molecule has 1 aromatic heterocycles. The first kappa shape index (κ1) is 16.3. The van der Waals surface area contributed by atoms with Crippen molar-refractivity contribution in [3.8, 4) is 0 Å². The molecular formula is C16H24BrN3O. The van der Waals surface area contributed by atoms with Crippen molar-refractivity contribution < 1.29 is 4.79 Å². The second kappa shape index (κ2) is 6.77. The van der Waals surface area contributed by atoms with Crippen molar-refractivity contribution >= 4 is 27.7 Å². The first-order valence-electron chi connectivity index (χ1n) is 7.61. The number of hydrogen-bond acceptors (Lipinski definition) is 3. The molecule has 1 saturated heterocycles. The van der Waals surface area contributed by atoms with Gasteiger partial charge in [0.05, 0.1) is 5.56 Å². The number of piperidine rings is 1. The quantitative estimate of drug-likeness (QED) is 0.891. The van der Waals surface area contributed by atoms with Gasteiger partial charge in [-0.2, -0.15) is 0 Å². The lowest BCUT2D eigenvalue weighted by Crippen LogP contribution is -2.41. The maximum absolute atomic E-state index is 12.8. The molecule has 0 saturated carbocycles. The largest absolute Gasteiger partial charge is 0.369 e. The molecule has 0 bridgehead atoms. The number of rotatable bonds is 4. The van der Waals surface area contributed by atoms with Gasteiger partial charge in [-0.25, -0.2) is 4.98 Å². The molecule has 2 rings (SSSR count). The van der Waals surface area contributed by atoms with Crippen LogP contribution >= 0.6 is 15.9 Å². The summed E-state index contributed by atoms with van der Waals surface area (Å²) >= 11 is 3.41. The smallest absolute Gasteiger partial charge is 0.257 e. The maximum atomic E-state index is 12.8. The number of aromatic nitrogens is 1. The van der Waals surface area contributed by atoms with E-state index in [-0.39, 0.29) is 5.91 Å². The van der Waals surface area contributed by atoms with Gasteiger partial charge in [0.25, 0.3) is 5.91 Å². The number of carbonyl (C=O) groups is 1. The normalized spacial score (nSPS) is 17.6. The number of amides is 1. The van der Waals surface area contributed by atoms with Crippen molar-refractivity contribution in [2.75, 3.05) is 25.0 Å². The molecule has 5 heteroatoms. The van der Waals surface area contributed by atoms with Crippen molar-refractivity contribution in [2.45, 2.75) is 40.0 Å². The highest BCUT2D eigenvalue weighted by molar-refractivity contribution is 9.10. The average Bonchev–Trinajstić information content (AvgIpc) is 2.45. The van der Waals surface area contributed by atoms with Gasteiger partial charge in [0.1, 0.15) is 5.82 Å². The maximum Gasteiger partial charge on any atom is 0.257 e. The lowest BCUT2D eigenvalue weighted by Gasteiger charge is -2.37.